The number of nitrogens with zero attached hydrogens (tertiary/aromatic N) is 1. The van der Waals surface area contributed by atoms with Gasteiger partial charge in [-0.05, 0) is 31.2 Å². The van der Waals surface area contributed by atoms with Crippen LogP contribution in [0.1, 0.15) is 24.3 Å². The van der Waals surface area contributed by atoms with Crippen molar-refractivity contribution in [1.29, 1.82) is 0 Å². The van der Waals surface area contributed by atoms with Crippen LogP contribution >= 0.6 is 23.2 Å². The molecule has 1 heterocycles. The molecule has 0 aliphatic rings. The van der Waals surface area contributed by atoms with Gasteiger partial charge in [-0.2, -0.15) is 0 Å². The van der Waals surface area contributed by atoms with Gasteiger partial charge in [-0.1, -0.05) is 29.3 Å². The van der Waals surface area contributed by atoms with Crippen molar-refractivity contribution < 1.29 is 19.3 Å². The minimum atomic E-state index is -0.244. The van der Waals surface area contributed by atoms with Crippen LogP contribution in [0.25, 0.3) is 0 Å². The molecule has 0 spiro atoms. The fourth-order valence-corrected chi connectivity index (χ4v) is 2.97. The molecule has 140 valence electrons. The van der Waals surface area contributed by atoms with E-state index in [2.05, 4.69) is 5.32 Å². The Bertz CT molecular complexity index is 750. The maximum atomic E-state index is 12.2. The van der Waals surface area contributed by atoms with E-state index in [4.69, 9.17) is 27.6 Å². The summed E-state index contributed by atoms with van der Waals surface area (Å²) in [5, 5.41) is 5.72. The van der Waals surface area contributed by atoms with Crippen LogP contribution in [-0.4, -0.2) is 36.9 Å². The number of nitrogens with one attached hydrogen (secondary N) is 1. The molecule has 0 saturated heterocycles. The highest BCUT2D eigenvalue weighted by Gasteiger charge is 2.18. The second-order valence-corrected chi connectivity index (χ2v) is 6.84. The van der Waals surface area contributed by atoms with E-state index in [0.29, 0.717) is 22.4 Å². The number of furan rings is 1. The van der Waals surface area contributed by atoms with Crippen LogP contribution in [0.5, 0.6) is 0 Å². The van der Waals surface area contributed by atoms with Gasteiger partial charge < -0.3 is 20.0 Å². The van der Waals surface area contributed by atoms with Crippen LogP contribution in [0.4, 0.5) is 0 Å². The Morgan fingerprint density at radius 1 is 1.31 bits per heavy atom. The lowest BCUT2D eigenvalue weighted by Crippen LogP contribution is -2.87. The van der Waals surface area contributed by atoms with Crippen LogP contribution in [-0.2, 0) is 16.1 Å². The summed E-state index contributed by atoms with van der Waals surface area (Å²) in [6.45, 7) is 2.45. The molecular formula is C18H22Cl2N3O3+. The standard InChI is InChI=1S/C18H21Cl2N3O3/c1-12(15-6-5-13(19)8-16(15)20)21-10-18(25)23(2)11-17(24)22-9-14-4-3-7-26-14/h3-8,12,21H,9-11H2,1-2H3,(H,22,24)/p+1/t12-/m0/s1. The summed E-state index contributed by atoms with van der Waals surface area (Å²) in [7, 11) is 1.60. The van der Waals surface area contributed by atoms with Gasteiger partial charge in [-0.15, -0.1) is 0 Å². The maximum absolute atomic E-state index is 12.2. The van der Waals surface area contributed by atoms with E-state index in [1.54, 1.807) is 37.6 Å². The lowest BCUT2D eigenvalue weighted by Gasteiger charge is -2.18. The molecule has 0 unspecified atom stereocenters. The van der Waals surface area contributed by atoms with Gasteiger partial charge in [0.15, 0.2) is 6.54 Å². The average Bonchev–Trinajstić information content (AvgIpc) is 3.11. The Kier molecular flexibility index (Phi) is 7.50. The van der Waals surface area contributed by atoms with Gasteiger partial charge in [-0.25, -0.2) is 0 Å². The topological polar surface area (TPSA) is 79.2 Å². The number of likely N-dealkylation sites (N-methyl/N-ethyl adjacent to an activating group) is 1. The molecule has 0 fully saturated rings. The zero-order valence-corrected chi connectivity index (χ0v) is 16.2. The first-order valence-corrected chi connectivity index (χ1v) is 8.93. The van der Waals surface area contributed by atoms with Crippen molar-refractivity contribution in [2.75, 3.05) is 20.1 Å². The number of benzene rings is 1. The summed E-state index contributed by atoms with van der Waals surface area (Å²) < 4.78 is 5.14. The molecule has 0 bridgehead atoms. The lowest BCUT2D eigenvalue weighted by molar-refractivity contribution is -0.683. The van der Waals surface area contributed by atoms with E-state index in [-0.39, 0.29) is 30.9 Å². The van der Waals surface area contributed by atoms with E-state index in [1.165, 1.54) is 4.90 Å². The summed E-state index contributed by atoms with van der Waals surface area (Å²) in [6, 6.07) is 8.81. The van der Waals surface area contributed by atoms with Gasteiger partial charge in [0.05, 0.1) is 24.4 Å². The number of quaternary nitrogens is 1. The maximum Gasteiger partial charge on any atom is 0.277 e. The van der Waals surface area contributed by atoms with Gasteiger partial charge in [0.1, 0.15) is 11.8 Å². The van der Waals surface area contributed by atoms with Gasteiger partial charge in [0.2, 0.25) is 5.91 Å². The Labute approximate surface area is 162 Å². The molecule has 8 heteroatoms. The minimum absolute atomic E-state index is 0.00936. The first-order chi connectivity index (χ1) is 12.4. The Morgan fingerprint density at radius 2 is 2.08 bits per heavy atom. The predicted molar refractivity (Wildman–Crippen MR) is 99.9 cm³/mol. The van der Waals surface area contributed by atoms with Crippen molar-refractivity contribution in [3.05, 3.63) is 58.0 Å². The summed E-state index contributed by atoms with van der Waals surface area (Å²) in [6.07, 6.45) is 1.54. The van der Waals surface area contributed by atoms with E-state index in [1.807, 2.05) is 18.3 Å². The molecule has 2 aromatic rings. The van der Waals surface area contributed by atoms with E-state index >= 15 is 0 Å². The number of rotatable bonds is 8. The van der Waals surface area contributed by atoms with Crippen LogP contribution in [0.3, 0.4) is 0 Å². The first-order valence-electron chi connectivity index (χ1n) is 8.18. The van der Waals surface area contributed by atoms with Gasteiger partial charge >= 0.3 is 0 Å². The normalized spacial score (nSPS) is 11.8. The first kappa shape index (κ1) is 20.3. The second-order valence-electron chi connectivity index (χ2n) is 6.00. The quantitative estimate of drug-likeness (QED) is 0.713. The molecule has 1 aromatic carbocycles. The third-order valence-electron chi connectivity index (χ3n) is 3.95. The number of carbonyl (C=O) groups is 2. The summed E-state index contributed by atoms with van der Waals surface area (Å²) in [5.41, 5.74) is 0.905. The Balaban J connectivity index is 1.76. The summed E-state index contributed by atoms with van der Waals surface area (Å²) in [4.78, 5) is 25.5. The fourth-order valence-electron chi connectivity index (χ4n) is 2.39. The SMILES string of the molecule is C[C@H]([NH2+]CC(=O)N(C)CC(=O)NCc1ccco1)c1ccc(Cl)cc1Cl. The van der Waals surface area contributed by atoms with E-state index < -0.39 is 0 Å². The molecule has 0 radical (unpaired) electrons. The number of halogens is 2. The van der Waals surface area contributed by atoms with Crippen molar-refractivity contribution >= 4 is 35.0 Å². The van der Waals surface area contributed by atoms with E-state index in [0.717, 1.165) is 5.56 Å². The molecule has 26 heavy (non-hydrogen) atoms. The summed E-state index contributed by atoms with van der Waals surface area (Å²) in [5.74, 6) is 0.274. The molecule has 0 aliphatic carbocycles. The van der Waals surface area contributed by atoms with Crippen LogP contribution < -0.4 is 10.6 Å². The lowest BCUT2D eigenvalue weighted by atomic mass is 10.1. The molecule has 0 aliphatic heterocycles. The van der Waals surface area contributed by atoms with Gasteiger partial charge in [0.25, 0.3) is 5.91 Å². The highest BCUT2D eigenvalue weighted by Crippen LogP contribution is 2.24. The predicted octanol–water partition coefficient (Wildman–Crippen LogP) is 1.99. The van der Waals surface area contributed by atoms with Crippen LogP contribution in [0, 0.1) is 0 Å². The zero-order chi connectivity index (χ0) is 19.1. The molecule has 1 atom stereocenters. The fraction of sp³-hybridized carbons (Fsp3) is 0.333. The Hall–Kier alpha value is -2.02. The number of hydrogen-bond donors (Lipinski definition) is 2. The molecule has 2 rings (SSSR count). The van der Waals surface area contributed by atoms with Gasteiger partial charge in [0, 0.05) is 17.6 Å². The second kappa shape index (κ2) is 9.62. The van der Waals surface area contributed by atoms with Crippen molar-refractivity contribution in [2.45, 2.75) is 19.5 Å². The third kappa shape index (κ3) is 6.05. The molecule has 6 nitrogen and oxygen atoms in total. The van der Waals surface area contributed by atoms with Crippen molar-refractivity contribution in [2.24, 2.45) is 0 Å². The highest BCUT2D eigenvalue weighted by molar-refractivity contribution is 6.35. The number of carbonyl (C=O) groups excluding carboxylic acids is 2. The smallest absolute Gasteiger partial charge is 0.277 e. The number of hydrogen-bond acceptors (Lipinski definition) is 3. The van der Waals surface area contributed by atoms with Gasteiger partial charge in [-0.3, -0.25) is 9.59 Å². The van der Waals surface area contributed by atoms with Crippen LogP contribution in [0.2, 0.25) is 10.0 Å². The average molecular weight is 399 g/mol. The van der Waals surface area contributed by atoms with Crippen LogP contribution in [0.15, 0.2) is 41.0 Å². The zero-order valence-electron chi connectivity index (χ0n) is 14.7. The number of amides is 2. The largest absolute Gasteiger partial charge is 0.467 e. The Morgan fingerprint density at radius 3 is 2.73 bits per heavy atom. The third-order valence-corrected chi connectivity index (χ3v) is 4.51. The summed E-state index contributed by atoms with van der Waals surface area (Å²) >= 11 is 12.1. The minimum Gasteiger partial charge on any atom is -0.467 e. The molecule has 2 amide bonds. The van der Waals surface area contributed by atoms with Crippen molar-refractivity contribution in [3.63, 3.8) is 0 Å². The molecule has 0 saturated carbocycles. The highest BCUT2D eigenvalue weighted by atomic mass is 35.5. The van der Waals surface area contributed by atoms with Crippen molar-refractivity contribution in [1.82, 2.24) is 10.2 Å². The number of nitrogens with two attached hydrogens (primary N) is 1. The molecular weight excluding hydrogens is 377 g/mol. The monoisotopic (exact) mass is 398 g/mol. The molecule has 3 N–H and O–H groups in total. The van der Waals surface area contributed by atoms with E-state index in [9.17, 15) is 9.59 Å². The van der Waals surface area contributed by atoms with Crippen molar-refractivity contribution in [3.8, 4) is 0 Å². The molecule has 1 aromatic heterocycles.